The fourth-order valence-electron chi connectivity index (χ4n) is 2.31. The van der Waals surface area contributed by atoms with E-state index in [0.29, 0.717) is 0 Å². The minimum absolute atomic E-state index is 0.0227. The lowest BCUT2D eigenvalue weighted by Gasteiger charge is -2.36. The van der Waals surface area contributed by atoms with E-state index in [4.69, 9.17) is 26.7 Å². The Balaban J connectivity index is 1.96. The van der Waals surface area contributed by atoms with Gasteiger partial charge in [0.2, 0.25) is 0 Å². The minimum atomic E-state index is -3.80. The van der Waals surface area contributed by atoms with Crippen LogP contribution in [0.15, 0.2) is 30.6 Å². The predicted octanol–water partition coefficient (Wildman–Crippen LogP) is 4.54. The number of hydrogen-bond acceptors (Lipinski definition) is 3. The number of nitrogens with zero attached hydrogens (tertiary/aromatic N) is 3. The summed E-state index contributed by atoms with van der Waals surface area (Å²) in [6.45, 7) is -9.92. The van der Waals surface area contributed by atoms with Crippen LogP contribution in [0.1, 0.15) is 62.4 Å². The van der Waals surface area contributed by atoms with E-state index >= 15 is 4.39 Å². The lowest BCUT2D eigenvalue weighted by Crippen LogP contribution is -2.44. The van der Waals surface area contributed by atoms with Crippen molar-refractivity contribution in [3.8, 4) is 0 Å². The summed E-state index contributed by atoms with van der Waals surface area (Å²) < 4.78 is 118. The average molecular weight is 405 g/mol. The molecule has 144 valence electrons. The third-order valence-electron chi connectivity index (χ3n) is 3.73. The molecular weight excluding hydrogens is 372 g/mol. The fourth-order valence-corrected chi connectivity index (χ4v) is 2.49. The molecule has 0 N–H and O–H groups in total. The van der Waals surface area contributed by atoms with Crippen LogP contribution >= 0.6 is 11.6 Å². The highest BCUT2D eigenvalue weighted by Crippen LogP contribution is 2.32. The molecule has 0 unspecified atom stereocenters. The molecule has 0 spiro atoms. The van der Waals surface area contributed by atoms with E-state index in [1.165, 1.54) is 0 Å². The number of halogens is 3. The predicted molar refractivity (Wildman–Crippen MR) is 100 cm³/mol. The van der Waals surface area contributed by atoms with Crippen LogP contribution in [-0.2, 0) is 6.42 Å². The van der Waals surface area contributed by atoms with E-state index in [0.717, 1.165) is 30.6 Å². The largest absolute Gasteiger partial charge is 0.338 e. The van der Waals surface area contributed by atoms with Crippen molar-refractivity contribution in [1.29, 1.82) is 0 Å². The summed E-state index contributed by atoms with van der Waals surface area (Å²) in [5, 5.41) is -0.575. The maximum Gasteiger partial charge on any atom is 0.253 e. The molecule has 1 aromatic carbocycles. The Labute approximate surface area is 178 Å². The maximum absolute atomic E-state index is 16.4. The summed E-state index contributed by atoms with van der Waals surface area (Å²) in [6.07, 6.45) is -7.13. The molecule has 0 radical (unpaired) electrons. The first-order valence-corrected chi connectivity index (χ1v) is 8.31. The van der Waals surface area contributed by atoms with Crippen LogP contribution in [0.2, 0.25) is 5.02 Å². The van der Waals surface area contributed by atoms with Gasteiger partial charge in [0, 0.05) is 52.5 Å². The van der Waals surface area contributed by atoms with Gasteiger partial charge in [-0.05, 0) is 56.2 Å². The first-order chi connectivity index (χ1) is 17.1. The molecule has 4 nitrogen and oxygen atoms in total. The Kier molecular flexibility index (Phi) is 3.05. The van der Waals surface area contributed by atoms with E-state index in [-0.39, 0.29) is 29.1 Å². The third-order valence-corrected chi connectivity index (χ3v) is 4.02. The topological polar surface area (TPSA) is 46.1 Å². The van der Waals surface area contributed by atoms with E-state index in [1.807, 2.05) is 0 Å². The molecule has 0 bridgehead atoms. The molecule has 1 aliphatic rings. The molecule has 1 aromatic heterocycles. The van der Waals surface area contributed by atoms with Crippen LogP contribution in [0, 0.1) is 12.7 Å². The molecule has 0 atom stereocenters. The number of piperidine rings is 1. The van der Waals surface area contributed by atoms with Crippen molar-refractivity contribution in [2.45, 2.75) is 44.5 Å². The monoisotopic (exact) mass is 404 g/mol. The van der Waals surface area contributed by atoms with Gasteiger partial charge < -0.3 is 4.90 Å². The fraction of sp³-hybridized carbons (Fsp3) is 0.450. The number of rotatable bonds is 5. The summed E-state index contributed by atoms with van der Waals surface area (Å²) in [7, 11) is 0. The van der Waals surface area contributed by atoms with Crippen LogP contribution in [-0.4, -0.2) is 39.4 Å². The highest BCUT2D eigenvalue weighted by molar-refractivity contribution is 6.31. The van der Waals surface area contributed by atoms with Crippen molar-refractivity contribution in [3.05, 3.63) is 58.4 Å². The van der Waals surface area contributed by atoms with Gasteiger partial charge in [-0.1, -0.05) is 11.6 Å². The first kappa shape index (κ1) is 9.92. The second kappa shape index (κ2) is 8.30. The molecule has 1 saturated heterocycles. The normalized spacial score (nSPS) is 30.3. The number of amides is 1. The van der Waals surface area contributed by atoms with E-state index in [1.54, 1.807) is 0 Å². The second-order valence-electron chi connectivity index (χ2n) is 5.79. The van der Waals surface area contributed by atoms with Gasteiger partial charge in [-0.2, -0.15) is 0 Å². The molecule has 0 aliphatic carbocycles. The zero-order valence-electron chi connectivity index (χ0n) is 24.9. The third kappa shape index (κ3) is 5.01. The summed E-state index contributed by atoms with van der Waals surface area (Å²) in [5.41, 5.74) is -4.53. The number of aryl methyl sites for hydroxylation is 2. The number of hydrogen-bond donors (Lipinski definition) is 0. The van der Waals surface area contributed by atoms with Crippen molar-refractivity contribution in [1.82, 2.24) is 14.9 Å². The molecule has 27 heavy (non-hydrogen) atoms. The Bertz CT molecular complexity index is 1200. The zero-order valence-corrected chi connectivity index (χ0v) is 14.6. The van der Waals surface area contributed by atoms with E-state index in [2.05, 4.69) is 9.97 Å². The molecule has 2 aromatic rings. The van der Waals surface area contributed by atoms with Gasteiger partial charge in [0.1, 0.15) is 17.3 Å². The molecule has 2 heterocycles. The quantitative estimate of drug-likeness (QED) is 0.734. The summed E-state index contributed by atoms with van der Waals surface area (Å²) >= 11 is 5.66. The lowest BCUT2D eigenvalue weighted by atomic mass is 9.88. The highest BCUT2D eigenvalue weighted by atomic mass is 35.5. The number of likely N-dealkylation sites (tertiary alicyclic amines) is 1. The van der Waals surface area contributed by atoms with Gasteiger partial charge in [-0.3, -0.25) is 4.79 Å². The molecule has 0 saturated carbocycles. The Morgan fingerprint density at radius 2 is 2.07 bits per heavy atom. The zero-order chi connectivity index (χ0) is 29.1. The average Bonchev–Trinajstić information content (AvgIpc) is 2.79. The van der Waals surface area contributed by atoms with Crippen LogP contribution in [0.3, 0.4) is 0 Å². The summed E-state index contributed by atoms with van der Waals surface area (Å²) in [4.78, 5) is 20.5. The van der Waals surface area contributed by atoms with E-state index < -0.39 is 67.0 Å². The number of alkyl halides is 1. The maximum atomic E-state index is 16.4. The number of benzene rings is 1. The molecule has 1 amide bonds. The van der Waals surface area contributed by atoms with Crippen LogP contribution in [0.5, 0.6) is 0 Å². The van der Waals surface area contributed by atoms with Crippen LogP contribution < -0.4 is 0 Å². The molecular formula is C20H22ClF2N3O. The number of carbonyl (C=O) groups is 1. The van der Waals surface area contributed by atoms with E-state index in [9.17, 15) is 9.18 Å². The molecule has 7 heteroatoms. The lowest BCUT2D eigenvalue weighted by molar-refractivity contribution is 0.0389. The smallest absolute Gasteiger partial charge is 0.253 e. The first-order valence-electron chi connectivity index (χ1n) is 13.4. The highest BCUT2D eigenvalue weighted by Gasteiger charge is 2.35. The van der Waals surface area contributed by atoms with Crippen molar-refractivity contribution in [3.63, 3.8) is 0 Å². The molecule has 1 fully saturated rings. The van der Waals surface area contributed by atoms with Crippen molar-refractivity contribution in [2.75, 3.05) is 13.0 Å². The van der Waals surface area contributed by atoms with Gasteiger partial charge in [0.25, 0.3) is 5.91 Å². The summed E-state index contributed by atoms with van der Waals surface area (Å²) in [5.74, 6) is -2.49. The summed E-state index contributed by atoms with van der Waals surface area (Å²) in [6, 6.07) is 2.31. The van der Waals surface area contributed by atoms with Crippen LogP contribution in [0.4, 0.5) is 8.78 Å². The second-order valence-corrected chi connectivity index (χ2v) is 6.19. The number of carbonyl (C=O) groups excluding carboxylic acids is 1. The Morgan fingerprint density at radius 1 is 1.37 bits per heavy atom. The molecule has 3 rings (SSSR count). The number of aromatic nitrogens is 2. The van der Waals surface area contributed by atoms with Gasteiger partial charge in [-0.15, -0.1) is 0 Å². The standard InChI is InChI=1S/C20H22ClF2N3O/c1-14-12-24-18(25-13-14)3-2-6-20(23)7-9-26(10-8-20)19(27)15-4-5-17(22)16(21)11-15/h4-5,11-13H,2-3,6-10H2,1H3/i1D3,7D2,8D2,9D2,10D2. The Morgan fingerprint density at radius 3 is 2.70 bits per heavy atom. The Hall–Kier alpha value is -2.08. The van der Waals surface area contributed by atoms with Crippen molar-refractivity contribution < 1.29 is 28.7 Å². The SMILES string of the molecule is [2H]C([2H])([2H])c1cnc(CCCC2(F)C([2H])([2H])C([2H])([2H])N(C(=O)c3ccc(F)c(Cl)c3)C([2H])([2H])C2([2H])[2H])nc1. The van der Waals surface area contributed by atoms with Crippen molar-refractivity contribution in [2.24, 2.45) is 0 Å². The minimum Gasteiger partial charge on any atom is -0.338 e. The molecule has 1 aliphatic heterocycles. The van der Waals surface area contributed by atoms with Crippen molar-refractivity contribution >= 4 is 17.5 Å². The van der Waals surface area contributed by atoms with Gasteiger partial charge >= 0.3 is 0 Å². The van der Waals surface area contributed by atoms with Gasteiger partial charge in [0.15, 0.2) is 0 Å². The van der Waals surface area contributed by atoms with Crippen LogP contribution in [0.25, 0.3) is 0 Å². The van der Waals surface area contributed by atoms with Gasteiger partial charge in [-0.25, -0.2) is 18.7 Å². The van der Waals surface area contributed by atoms with Gasteiger partial charge in [0.05, 0.1) is 5.02 Å².